The lowest BCUT2D eigenvalue weighted by molar-refractivity contribution is 0.0204. The molecular formula is C14H19Cl2N3O2. The molecule has 0 N–H and O–H groups in total. The van der Waals surface area contributed by atoms with Crippen LogP contribution in [0, 0.1) is 0 Å². The maximum Gasteiger partial charge on any atom is 0.410 e. The van der Waals surface area contributed by atoms with Gasteiger partial charge in [-0.15, -0.1) is 0 Å². The summed E-state index contributed by atoms with van der Waals surface area (Å²) in [7, 11) is 0. The number of halogens is 2. The van der Waals surface area contributed by atoms with E-state index in [1.165, 1.54) is 6.20 Å². The molecule has 5 nitrogen and oxygen atoms in total. The quantitative estimate of drug-likeness (QED) is 0.732. The van der Waals surface area contributed by atoms with Gasteiger partial charge in [0, 0.05) is 19.0 Å². The fourth-order valence-corrected chi connectivity index (χ4v) is 2.69. The summed E-state index contributed by atoms with van der Waals surface area (Å²) in [6, 6.07) is 0. The van der Waals surface area contributed by atoms with Gasteiger partial charge in [-0.05, 0) is 45.2 Å². The van der Waals surface area contributed by atoms with Gasteiger partial charge in [-0.25, -0.2) is 14.8 Å². The van der Waals surface area contributed by atoms with E-state index in [2.05, 4.69) is 9.97 Å². The first kappa shape index (κ1) is 16.3. The molecule has 0 aliphatic carbocycles. The van der Waals surface area contributed by atoms with Gasteiger partial charge in [-0.2, -0.15) is 0 Å². The third-order valence-electron chi connectivity index (χ3n) is 3.28. The summed E-state index contributed by atoms with van der Waals surface area (Å²) in [4.78, 5) is 21.8. The molecule has 1 aromatic heterocycles. The molecule has 1 saturated heterocycles. The minimum atomic E-state index is -0.475. The van der Waals surface area contributed by atoms with Crippen molar-refractivity contribution in [2.45, 2.75) is 45.1 Å². The molecule has 1 aromatic rings. The van der Waals surface area contributed by atoms with Crippen molar-refractivity contribution in [3.05, 3.63) is 22.2 Å². The monoisotopic (exact) mass is 331 g/mol. The van der Waals surface area contributed by atoms with Gasteiger partial charge >= 0.3 is 6.09 Å². The highest BCUT2D eigenvalue weighted by Gasteiger charge is 2.29. The number of piperidine rings is 1. The van der Waals surface area contributed by atoms with Crippen molar-refractivity contribution in [1.82, 2.24) is 14.9 Å². The maximum atomic E-state index is 12.0. The summed E-state index contributed by atoms with van der Waals surface area (Å²) >= 11 is 11.9. The molecule has 7 heteroatoms. The first-order valence-corrected chi connectivity index (χ1v) is 7.68. The van der Waals surface area contributed by atoms with Gasteiger partial charge in [-0.1, -0.05) is 11.6 Å². The van der Waals surface area contributed by atoms with Crippen LogP contribution >= 0.6 is 23.2 Å². The highest BCUT2D eigenvalue weighted by atomic mass is 35.5. The van der Waals surface area contributed by atoms with E-state index in [4.69, 9.17) is 27.9 Å². The number of aromatic nitrogens is 2. The first-order valence-electron chi connectivity index (χ1n) is 6.92. The fraction of sp³-hybridized carbons (Fsp3) is 0.643. The highest BCUT2D eigenvalue weighted by molar-refractivity contribution is 6.32. The number of carbonyl (C=O) groups is 1. The molecule has 2 heterocycles. The van der Waals surface area contributed by atoms with Crippen LogP contribution in [0.5, 0.6) is 0 Å². The minimum Gasteiger partial charge on any atom is -0.444 e. The largest absolute Gasteiger partial charge is 0.444 e. The molecule has 1 aliphatic rings. The maximum absolute atomic E-state index is 12.0. The molecule has 21 heavy (non-hydrogen) atoms. The van der Waals surface area contributed by atoms with Gasteiger partial charge in [0.1, 0.15) is 5.60 Å². The predicted octanol–water partition coefficient (Wildman–Crippen LogP) is 3.90. The Hall–Kier alpha value is -1.07. The Labute approximate surface area is 134 Å². The SMILES string of the molecule is CC(C)(C)OC(=O)N1CCC(c2nc(Cl)ncc2Cl)CC1. The lowest BCUT2D eigenvalue weighted by Gasteiger charge is -2.33. The lowest BCUT2D eigenvalue weighted by Crippen LogP contribution is -2.41. The number of carbonyl (C=O) groups excluding carboxylic acids is 1. The summed E-state index contributed by atoms with van der Waals surface area (Å²) < 4.78 is 5.38. The predicted molar refractivity (Wildman–Crippen MR) is 81.8 cm³/mol. The molecular weight excluding hydrogens is 313 g/mol. The van der Waals surface area contributed by atoms with E-state index in [0.717, 1.165) is 18.5 Å². The van der Waals surface area contributed by atoms with Gasteiger partial charge in [-0.3, -0.25) is 0 Å². The molecule has 0 aromatic carbocycles. The number of ether oxygens (including phenoxy) is 1. The summed E-state index contributed by atoms with van der Waals surface area (Å²) in [5.74, 6) is 0.191. The van der Waals surface area contributed by atoms with Gasteiger partial charge in [0.15, 0.2) is 0 Å². The third kappa shape index (κ3) is 4.45. The van der Waals surface area contributed by atoms with Crippen molar-refractivity contribution in [2.24, 2.45) is 0 Å². The van der Waals surface area contributed by atoms with Crippen molar-refractivity contribution in [3.8, 4) is 0 Å². The number of rotatable bonds is 1. The van der Waals surface area contributed by atoms with Gasteiger partial charge < -0.3 is 9.64 Å². The van der Waals surface area contributed by atoms with Crippen molar-refractivity contribution in [2.75, 3.05) is 13.1 Å². The summed E-state index contributed by atoms with van der Waals surface area (Å²) in [5, 5.41) is 0.721. The average molecular weight is 332 g/mol. The summed E-state index contributed by atoms with van der Waals surface area (Å²) in [5.41, 5.74) is 0.290. The van der Waals surface area contributed by atoms with Crippen LogP contribution < -0.4 is 0 Å². The zero-order valence-corrected chi connectivity index (χ0v) is 13.9. The van der Waals surface area contributed by atoms with E-state index in [9.17, 15) is 4.79 Å². The van der Waals surface area contributed by atoms with Crippen molar-refractivity contribution in [3.63, 3.8) is 0 Å². The molecule has 1 aliphatic heterocycles. The Morgan fingerprint density at radius 2 is 1.95 bits per heavy atom. The molecule has 0 bridgehead atoms. The van der Waals surface area contributed by atoms with E-state index >= 15 is 0 Å². The van der Waals surface area contributed by atoms with Crippen LogP contribution in [0.4, 0.5) is 4.79 Å². The second-order valence-corrected chi connectivity index (χ2v) is 6.86. The fourth-order valence-electron chi connectivity index (χ4n) is 2.31. The molecule has 2 rings (SSSR count). The van der Waals surface area contributed by atoms with Gasteiger partial charge in [0.25, 0.3) is 0 Å². The zero-order valence-electron chi connectivity index (χ0n) is 12.4. The summed E-state index contributed by atoms with van der Waals surface area (Å²) in [6.45, 7) is 6.83. The number of hydrogen-bond donors (Lipinski definition) is 0. The van der Waals surface area contributed by atoms with Crippen LogP contribution in [0.25, 0.3) is 0 Å². The number of nitrogens with zero attached hydrogens (tertiary/aromatic N) is 3. The molecule has 0 atom stereocenters. The number of amides is 1. The lowest BCUT2D eigenvalue weighted by atomic mass is 9.93. The molecule has 0 saturated carbocycles. The van der Waals surface area contributed by atoms with Crippen LogP contribution in [0.1, 0.15) is 45.2 Å². The van der Waals surface area contributed by atoms with Gasteiger partial charge in [0.2, 0.25) is 5.28 Å². The van der Waals surface area contributed by atoms with Crippen molar-refractivity contribution >= 4 is 29.3 Å². The van der Waals surface area contributed by atoms with E-state index in [1.54, 1.807) is 4.90 Å². The Bertz CT molecular complexity index is 523. The summed E-state index contributed by atoms with van der Waals surface area (Å²) in [6.07, 6.45) is 2.82. The minimum absolute atomic E-state index is 0.191. The Morgan fingerprint density at radius 3 is 2.52 bits per heavy atom. The smallest absolute Gasteiger partial charge is 0.410 e. The van der Waals surface area contributed by atoms with Crippen LogP contribution in [0.15, 0.2) is 6.20 Å². The molecule has 0 radical (unpaired) electrons. The van der Waals surface area contributed by atoms with E-state index in [-0.39, 0.29) is 17.3 Å². The average Bonchev–Trinajstić information content (AvgIpc) is 2.40. The first-order chi connectivity index (χ1) is 9.76. The standard InChI is InChI=1S/C14H19Cl2N3O2/c1-14(2,3)21-13(20)19-6-4-9(5-7-19)11-10(15)8-17-12(16)18-11/h8-9H,4-7H2,1-3H3. The van der Waals surface area contributed by atoms with Crippen molar-refractivity contribution < 1.29 is 9.53 Å². The Balaban J connectivity index is 1.97. The Morgan fingerprint density at radius 1 is 1.33 bits per heavy atom. The molecule has 1 amide bonds. The normalized spacial score (nSPS) is 16.9. The highest BCUT2D eigenvalue weighted by Crippen LogP contribution is 2.32. The molecule has 0 spiro atoms. The number of hydrogen-bond acceptors (Lipinski definition) is 4. The molecule has 116 valence electrons. The van der Waals surface area contributed by atoms with E-state index < -0.39 is 5.60 Å². The van der Waals surface area contributed by atoms with E-state index in [1.807, 2.05) is 20.8 Å². The molecule has 1 fully saturated rings. The van der Waals surface area contributed by atoms with Crippen LogP contribution in [-0.4, -0.2) is 39.7 Å². The van der Waals surface area contributed by atoms with Crippen LogP contribution in [0.3, 0.4) is 0 Å². The number of likely N-dealkylation sites (tertiary alicyclic amines) is 1. The van der Waals surface area contributed by atoms with Crippen molar-refractivity contribution in [1.29, 1.82) is 0 Å². The topological polar surface area (TPSA) is 55.3 Å². The third-order valence-corrected chi connectivity index (χ3v) is 3.75. The van der Waals surface area contributed by atoms with Crippen LogP contribution in [-0.2, 0) is 4.74 Å². The van der Waals surface area contributed by atoms with Gasteiger partial charge in [0.05, 0.1) is 16.9 Å². The van der Waals surface area contributed by atoms with Crippen LogP contribution in [0.2, 0.25) is 10.3 Å². The Kier molecular flexibility index (Phi) is 4.94. The van der Waals surface area contributed by atoms with E-state index in [0.29, 0.717) is 18.1 Å². The molecule has 0 unspecified atom stereocenters. The zero-order chi connectivity index (χ0) is 15.6. The second-order valence-electron chi connectivity index (χ2n) is 6.11. The second kappa shape index (κ2) is 6.36.